The van der Waals surface area contributed by atoms with Crippen molar-refractivity contribution in [2.24, 2.45) is 5.92 Å². The Hall–Kier alpha value is -1.15. The van der Waals surface area contributed by atoms with Gasteiger partial charge < -0.3 is 10.2 Å². The predicted molar refractivity (Wildman–Crippen MR) is 80.4 cm³/mol. The first-order valence-electron chi connectivity index (χ1n) is 8.03. The van der Waals surface area contributed by atoms with Gasteiger partial charge in [-0.2, -0.15) is 4.31 Å². The van der Waals surface area contributed by atoms with Gasteiger partial charge >= 0.3 is 0 Å². The van der Waals surface area contributed by atoms with E-state index < -0.39 is 10.0 Å². The summed E-state index contributed by atoms with van der Waals surface area (Å²) in [7, 11) is -3.13. The van der Waals surface area contributed by atoms with E-state index in [1.165, 1.54) is 4.31 Å². The molecule has 7 nitrogen and oxygen atoms in total. The lowest BCUT2D eigenvalue weighted by Gasteiger charge is -2.37. The van der Waals surface area contributed by atoms with Gasteiger partial charge in [0.25, 0.3) is 0 Å². The monoisotopic (exact) mass is 329 g/mol. The Kier molecular flexibility index (Phi) is 4.40. The Labute approximate surface area is 131 Å². The van der Waals surface area contributed by atoms with Gasteiger partial charge in [0, 0.05) is 39.1 Å². The van der Waals surface area contributed by atoms with E-state index in [1.54, 1.807) is 0 Å². The average Bonchev–Trinajstić information content (AvgIpc) is 3.18. The minimum atomic E-state index is -3.13. The fourth-order valence-corrected chi connectivity index (χ4v) is 4.88. The molecule has 3 aliphatic rings. The summed E-state index contributed by atoms with van der Waals surface area (Å²) in [5.74, 6) is -0.0943. The Bertz CT molecular complexity index is 552. The van der Waals surface area contributed by atoms with Gasteiger partial charge in [-0.1, -0.05) is 0 Å². The van der Waals surface area contributed by atoms with Gasteiger partial charge in [-0.3, -0.25) is 9.59 Å². The SMILES string of the molecule is O=C(NCCCN1CCCC1=O)C1CN(S(=O)(=O)C2CC2)C1. The molecule has 8 heteroatoms. The number of likely N-dealkylation sites (tertiary alicyclic amines) is 1. The summed E-state index contributed by atoms with van der Waals surface area (Å²) in [5, 5.41) is 2.64. The van der Waals surface area contributed by atoms with Crippen molar-refractivity contribution in [2.75, 3.05) is 32.7 Å². The largest absolute Gasteiger partial charge is 0.356 e. The first-order valence-corrected chi connectivity index (χ1v) is 9.53. The second-order valence-electron chi connectivity index (χ2n) is 6.39. The van der Waals surface area contributed by atoms with Gasteiger partial charge in [-0.05, 0) is 25.7 Å². The van der Waals surface area contributed by atoms with E-state index in [0.717, 1.165) is 32.2 Å². The minimum Gasteiger partial charge on any atom is -0.356 e. The molecule has 22 heavy (non-hydrogen) atoms. The normalized spacial score (nSPS) is 23.6. The second kappa shape index (κ2) is 6.16. The summed E-state index contributed by atoms with van der Waals surface area (Å²) in [5.41, 5.74) is 0. The van der Waals surface area contributed by atoms with E-state index >= 15 is 0 Å². The van der Waals surface area contributed by atoms with Crippen molar-refractivity contribution >= 4 is 21.8 Å². The molecule has 3 fully saturated rings. The fraction of sp³-hybridized carbons (Fsp3) is 0.857. The number of carbonyl (C=O) groups is 2. The Balaban J connectivity index is 1.31. The smallest absolute Gasteiger partial charge is 0.225 e. The molecule has 124 valence electrons. The van der Waals surface area contributed by atoms with Crippen LogP contribution in [0, 0.1) is 5.92 Å². The maximum atomic E-state index is 11.9. The van der Waals surface area contributed by atoms with Crippen LogP contribution in [0.4, 0.5) is 0 Å². The van der Waals surface area contributed by atoms with E-state index in [4.69, 9.17) is 0 Å². The van der Waals surface area contributed by atoms with Gasteiger partial charge in [0.15, 0.2) is 0 Å². The van der Waals surface area contributed by atoms with E-state index in [9.17, 15) is 18.0 Å². The molecule has 2 aliphatic heterocycles. The third-order valence-electron chi connectivity index (χ3n) is 4.60. The highest BCUT2D eigenvalue weighted by molar-refractivity contribution is 7.90. The van der Waals surface area contributed by atoms with Crippen molar-refractivity contribution in [3.05, 3.63) is 0 Å². The molecule has 1 N–H and O–H groups in total. The van der Waals surface area contributed by atoms with Crippen molar-refractivity contribution in [1.82, 2.24) is 14.5 Å². The van der Waals surface area contributed by atoms with Crippen molar-refractivity contribution < 1.29 is 18.0 Å². The van der Waals surface area contributed by atoms with Crippen LogP contribution in [0.5, 0.6) is 0 Å². The Morgan fingerprint density at radius 1 is 1.27 bits per heavy atom. The molecular formula is C14H23N3O4S. The third kappa shape index (κ3) is 3.27. The van der Waals surface area contributed by atoms with Crippen LogP contribution < -0.4 is 5.32 Å². The van der Waals surface area contributed by atoms with Crippen LogP contribution >= 0.6 is 0 Å². The quantitative estimate of drug-likeness (QED) is 0.640. The summed E-state index contributed by atoms with van der Waals surface area (Å²) < 4.78 is 25.3. The number of rotatable bonds is 7. The van der Waals surface area contributed by atoms with Crippen LogP contribution in [-0.2, 0) is 19.6 Å². The van der Waals surface area contributed by atoms with E-state index in [0.29, 0.717) is 32.6 Å². The molecule has 3 rings (SSSR count). The first-order chi connectivity index (χ1) is 10.5. The lowest BCUT2D eigenvalue weighted by Crippen LogP contribution is -2.56. The van der Waals surface area contributed by atoms with Crippen LogP contribution in [0.1, 0.15) is 32.1 Å². The van der Waals surface area contributed by atoms with Crippen LogP contribution in [0.3, 0.4) is 0 Å². The van der Waals surface area contributed by atoms with Crippen LogP contribution in [0.15, 0.2) is 0 Å². The van der Waals surface area contributed by atoms with Crippen LogP contribution in [-0.4, -0.2) is 67.4 Å². The van der Waals surface area contributed by atoms with Gasteiger partial charge in [-0.25, -0.2) is 8.42 Å². The van der Waals surface area contributed by atoms with E-state index in [1.807, 2.05) is 4.90 Å². The summed E-state index contributed by atoms with van der Waals surface area (Å²) in [6.07, 6.45) is 3.82. The van der Waals surface area contributed by atoms with E-state index in [2.05, 4.69) is 5.32 Å². The molecule has 1 saturated carbocycles. The molecule has 0 aromatic rings. The summed E-state index contributed by atoms with van der Waals surface area (Å²) in [6.45, 7) is 2.67. The standard InChI is InChI=1S/C14H23N3O4S/c18-13-3-1-7-16(13)8-2-6-15-14(19)11-9-17(10-11)22(20,21)12-4-5-12/h11-12H,1-10H2,(H,15,19). The predicted octanol–water partition coefficient (Wildman–Crippen LogP) is -0.461. The van der Waals surface area contributed by atoms with Crippen molar-refractivity contribution in [3.8, 4) is 0 Å². The number of carbonyl (C=O) groups excluding carboxylic acids is 2. The van der Waals surface area contributed by atoms with E-state index in [-0.39, 0.29) is 23.0 Å². The summed E-state index contributed by atoms with van der Waals surface area (Å²) in [6, 6.07) is 0. The Morgan fingerprint density at radius 2 is 2.00 bits per heavy atom. The molecule has 1 aliphatic carbocycles. The molecule has 0 aromatic carbocycles. The molecule has 0 bridgehead atoms. The third-order valence-corrected chi connectivity index (χ3v) is 6.93. The van der Waals surface area contributed by atoms with Gasteiger partial charge in [-0.15, -0.1) is 0 Å². The maximum absolute atomic E-state index is 11.9. The van der Waals surface area contributed by atoms with Gasteiger partial charge in [0.2, 0.25) is 21.8 Å². The summed E-state index contributed by atoms with van der Waals surface area (Å²) in [4.78, 5) is 25.2. The molecule has 0 spiro atoms. The number of nitrogens with one attached hydrogen (secondary N) is 1. The number of amides is 2. The summed E-state index contributed by atoms with van der Waals surface area (Å²) >= 11 is 0. The average molecular weight is 329 g/mol. The molecule has 0 unspecified atom stereocenters. The molecule has 2 saturated heterocycles. The zero-order chi connectivity index (χ0) is 15.7. The zero-order valence-corrected chi connectivity index (χ0v) is 13.5. The highest BCUT2D eigenvalue weighted by Gasteiger charge is 2.46. The number of hydrogen-bond acceptors (Lipinski definition) is 4. The lowest BCUT2D eigenvalue weighted by molar-refractivity contribution is -0.128. The number of sulfonamides is 1. The number of nitrogens with zero attached hydrogens (tertiary/aromatic N) is 2. The van der Waals surface area contributed by atoms with Crippen molar-refractivity contribution in [1.29, 1.82) is 0 Å². The van der Waals surface area contributed by atoms with Gasteiger partial charge in [0.1, 0.15) is 0 Å². The topological polar surface area (TPSA) is 86.8 Å². The van der Waals surface area contributed by atoms with Crippen LogP contribution in [0.2, 0.25) is 0 Å². The van der Waals surface area contributed by atoms with Gasteiger partial charge in [0.05, 0.1) is 11.2 Å². The molecule has 0 radical (unpaired) electrons. The molecule has 2 amide bonds. The Morgan fingerprint density at radius 3 is 2.59 bits per heavy atom. The van der Waals surface area contributed by atoms with Crippen molar-refractivity contribution in [2.45, 2.75) is 37.4 Å². The fourth-order valence-electron chi connectivity index (χ4n) is 2.95. The molecule has 0 aromatic heterocycles. The maximum Gasteiger partial charge on any atom is 0.225 e. The first kappa shape index (κ1) is 15.7. The highest BCUT2D eigenvalue weighted by atomic mass is 32.2. The molecular weight excluding hydrogens is 306 g/mol. The molecule has 2 heterocycles. The zero-order valence-electron chi connectivity index (χ0n) is 12.7. The highest BCUT2D eigenvalue weighted by Crippen LogP contribution is 2.34. The minimum absolute atomic E-state index is 0.0741. The lowest BCUT2D eigenvalue weighted by atomic mass is 10.0. The second-order valence-corrected chi connectivity index (χ2v) is 8.60. The van der Waals surface area contributed by atoms with Crippen molar-refractivity contribution in [3.63, 3.8) is 0 Å². The number of hydrogen-bond donors (Lipinski definition) is 1. The van der Waals surface area contributed by atoms with Crippen LogP contribution in [0.25, 0.3) is 0 Å². The molecule has 0 atom stereocenters.